The summed E-state index contributed by atoms with van der Waals surface area (Å²) in [4.78, 5) is 23.4. The highest BCUT2D eigenvalue weighted by Crippen LogP contribution is 2.18. The Morgan fingerprint density at radius 1 is 1.45 bits per heavy atom. The molecule has 1 N–H and O–H groups in total. The third kappa shape index (κ3) is 3.04. The van der Waals surface area contributed by atoms with Crippen molar-refractivity contribution < 1.29 is 4.79 Å². The number of H-pyrrole nitrogens is 1. The minimum absolute atomic E-state index is 0.154. The van der Waals surface area contributed by atoms with E-state index in [1.807, 2.05) is 27.7 Å². The predicted molar refractivity (Wildman–Crippen MR) is 77.7 cm³/mol. The molecule has 0 atom stereocenters. The van der Waals surface area contributed by atoms with E-state index in [1.165, 1.54) is 0 Å². The summed E-state index contributed by atoms with van der Waals surface area (Å²) in [6.45, 7) is 8.52. The molecule has 2 heterocycles. The van der Waals surface area contributed by atoms with Crippen LogP contribution in [0.5, 0.6) is 0 Å². The number of hydrogen-bond donors (Lipinski definition) is 1. The average molecular weight is 293 g/mol. The largest absolute Gasteiger partial charge is 0.334 e. The normalized spacial score (nSPS) is 11.7. The predicted octanol–water partition coefficient (Wildman–Crippen LogP) is 2.14. The van der Waals surface area contributed by atoms with Crippen molar-refractivity contribution in [3.8, 4) is 0 Å². The minimum atomic E-state index is -0.190. The van der Waals surface area contributed by atoms with Gasteiger partial charge in [0.25, 0.3) is 5.91 Å². The van der Waals surface area contributed by atoms with Gasteiger partial charge in [-0.05, 0) is 6.92 Å². The number of nitrogens with zero attached hydrogens (tertiary/aromatic N) is 4. The Hall–Kier alpha value is -1.76. The van der Waals surface area contributed by atoms with Crippen LogP contribution >= 0.6 is 11.3 Å². The molecule has 108 valence electrons. The number of rotatable bonds is 3. The van der Waals surface area contributed by atoms with Crippen molar-refractivity contribution in [2.24, 2.45) is 0 Å². The van der Waals surface area contributed by atoms with Crippen LogP contribution < -0.4 is 0 Å². The maximum absolute atomic E-state index is 12.3. The first-order chi connectivity index (χ1) is 9.29. The Labute approximate surface area is 122 Å². The summed E-state index contributed by atoms with van der Waals surface area (Å²) < 4.78 is 0. The lowest BCUT2D eigenvalue weighted by atomic mass is 9.96. The van der Waals surface area contributed by atoms with E-state index in [-0.39, 0.29) is 17.1 Å². The zero-order valence-electron chi connectivity index (χ0n) is 12.4. The highest BCUT2D eigenvalue weighted by molar-refractivity contribution is 7.09. The molecule has 0 unspecified atom stereocenters. The number of aromatic amines is 1. The first-order valence-electron chi connectivity index (χ1n) is 6.36. The van der Waals surface area contributed by atoms with Crippen LogP contribution in [0.4, 0.5) is 0 Å². The molecule has 0 fully saturated rings. The standard InChI is InChI=1S/C13H19N5OS/c1-8-9(20-7-14-8)6-18(5)11(19)10-15-12(17-16-10)13(2,3)4/h7H,6H2,1-5H3,(H,15,16,17). The van der Waals surface area contributed by atoms with Crippen LogP contribution in [0.2, 0.25) is 0 Å². The zero-order valence-corrected chi connectivity index (χ0v) is 13.2. The van der Waals surface area contributed by atoms with Gasteiger partial charge in [-0.15, -0.1) is 16.4 Å². The Bertz CT molecular complexity index is 610. The van der Waals surface area contributed by atoms with Gasteiger partial charge in [0.2, 0.25) is 5.82 Å². The highest BCUT2D eigenvalue weighted by atomic mass is 32.1. The molecular weight excluding hydrogens is 274 g/mol. The summed E-state index contributed by atoms with van der Waals surface area (Å²) in [5.41, 5.74) is 2.59. The monoisotopic (exact) mass is 293 g/mol. The lowest BCUT2D eigenvalue weighted by Gasteiger charge is -2.15. The number of aryl methyl sites for hydroxylation is 1. The fourth-order valence-corrected chi connectivity index (χ4v) is 2.46. The first-order valence-corrected chi connectivity index (χ1v) is 7.24. The smallest absolute Gasteiger partial charge is 0.293 e. The molecule has 0 aromatic carbocycles. The van der Waals surface area contributed by atoms with E-state index in [0.29, 0.717) is 12.4 Å². The number of carbonyl (C=O) groups is 1. The van der Waals surface area contributed by atoms with Gasteiger partial charge < -0.3 is 4.90 Å². The van der Waals surface area contributed by atoms with Crippen molar-refractivity contribution >= 4 is 17.2 Å². The van der Waals surface area contributed by atoms with Gasteiger partial charge in [-0.1, -0.05) is 20.8 Å². The Morgan fingerprint density at radius 2 is 2.15 bits per heavy atom. The third-order valence-corrected chi connectivity index (χ3v) is 3.88. The molecule has 20 heavy (non-hydrogen) atoms. The lowest BCUT2D eigenvalue weighted by Crippen LogP contribution is -2.27. The van der Waals surface area contributed by atoms with E-state index in [1.54, 1.807) is 28.8 Å². The second-order valence-electron chi connectivity index (χ2n) is 5.78. The number of nitrogens with one attached hydrogen (secondary N) is 1. The van der Waals surface area contributed by atoms with Gasteiger partial charge in [0.05, 0.1) is 17.7 Å². The molecule has 0 bridgehead atoms. The van der Waals surface area contributed by atoms with Gasteiger partial charge in [0.1, 0.15) is 5.82 Å². The number of thiazole rings is 1. The summed E-state index contributed by atoms with van der Waals surface area (Å²) in [6.07, 6.45) is 0. The van der Waals surface area contributed by atoms with Crippen molar-refractivity contribution in [3.63, 3.8) is 0 Å². The maximum Gasteiger partial charge on any atom is 0.293 e. The maximum atomic E-state index is 12.3. The van der Waals surface area contributed by atoms with Gasteiger partial charge in [0, 0.05) is 17.3 Å². The second-order valence-corrected chi connectivity index (χ2v) is 6.72. The van der Waals surface area contributed by atoms with Crippen molar-refractivity contribution in [1.82, 2.24) is 25.1 Å². The summed E-state index contributed by atoms with van der Waals surface area (Å²) in [5.74, 6) is 0.729. The average Bonchev–Trinajstić information content (AvgIpc) is 2.97. The molecule has 6 nitrogen and oxygen atoms in total. The molecule has 0 saturated carbocycles. The van der Waals surface area contributed by atoms with Crippen LogP contribution in [0, 0.1) is 6.92 Å². The van der Waals surface area contributed by atoms with Crippen molar-refractivity contribution in [2.75, 3.05) is 7.05 Å². The topological polar surface area (TPSA) is 74.8 Å². The third-order valence-electron chi connectivity index (χ3n) is 2.96. The zero-order chi connectivity index (χ0) is 14.9. The highest BCUT2D eigenvalue weighted by Gasteiger charge is 2.23. The summed E-state index contributed by atoms with van der Waals surface area (Å²) in [5, 5.41) is 6.85. The van der Waals surface area contributed by atoms with Gasteiger partial charge in [-0.2, -0.15) is 0 Å². The Balaban J connectivity index is 2.11. The quantitative estimate of drug-likeness (QED) is 0.940. The molecular formula is C13H19N5OS. The fourth-order valence-electron chi connectivity index (χ4n) is 1.63. The fraction of sp³-hybridized carbons (Fsp3) is 0.538. The van der Waals surface area contributed by atoms with E-state index in [9.17, 15) is 4.79 Å². The van der Waals surface area contributed by atoms with Crippen LogP contribution in [0.1, 0.15) is 47.8 Å². The second kappa shape index (κ2) is 5.32. The number of amides is 1. The van der Waals surface area contributed by atoms with Crippen molar-refractivity contribution in [1.29, 1.82) is 0 Å². The number of aromatic nitrogens is 4. The summed E-state index contributed by atoms with van der Waals surface area (Å²) in [6, 6.07) is 0. The summed E-state index contributed by atoms with van der Waals surface area (Å²) >= 11 is 1.55. The molecule has 0 aliphatic rings. The molecule has 2 aromatic heterocycles. The van der Waals surface area contributed by atoms with Crippen molar-refractivity contribution in [3.05, 3.63) is 27.7 Å². The van der Waals surface area contributed by atoms with Gasteiger partial charge in [0.15, 0.2) is 0 Å². The molecule has 2 rings (SSSR count). The molecule has 7 heteroatoms. The van der Waals surface area contributed by atoms with E-state index in [2.05, 4.69) is 20.2 Å². The van der Waals surface area contributed by atoms with E-state index < -0.39 is 0 Å². The SMILES string of the molecule is Cc1ncsc1CN(C)C(=O)c1n[nH]c(C(C)(C)C)n1. The van der Waals surface area contributed by atoms with Crippen LogP contribution in [0.3, 0.4) is 0 Å². The lowest BCUT2D eigenvalue weighted by molar-refractivity contribution is 0.0774. The molecule has 0 radical (unpaired) electrons. The molecule has 0 saturated heterocycles. The van der Waals surface area contributed by atoms with Crippen LogP contribution in [-0.4, -0.2) is 38.0 Å². The molecule has 2 aromatic rings. The van der Waals surface area contributed by atoms with E-state index in [0.717, 1.165) is 10.6 Å². The first kappa shape index (κ1) is 14.6. The van der Waals surface area contributed by atoms with E-state index >= 15 is 0 Å². The Morgan fingerprint density at radius 3 is 2.65 bits per heavy atom. The molecule has 0 aliphatic carbocycles. The molecule has 0 aliphatic heterocycles. The van der Waals surface area contributed by atoms with E-state index in [4.69, 9.17) is 0 Å². The van der Waals surface area contributed by atoms with Crippen LogP contribution in [-0.2, 0) is 12.0 Å². The van der Waals surface area contributed by atoms with Gasteiger partial charge >= 0.3 is 0 Å². The number of carbonyl (C=O) groups excluding carboxylic acids is 1. The number of hydrogen-bond acceptors (Lipinski definition) is 5. The van der Waals surface area contributed by atoms with Crippen molar-refractivity contribution in [2.45, 2.75) is 39.7 Å². The van der Waals surface area contributed by atoms with Crippen LogP contribution in [0.15, 0.2) is 5.51 Å². The van der Waals surface area contributed by atoms with Gasteiger partial charge in [-0.25, -0.2) is 9.97 Å². The molecule has 0 spiro atoms. The minimum Gasteiger partial charge on any atom is -0.334 e. The van der Waals surface area contributed by atoms with Gasteiger partial charge in [-0.3, -0.25) is 9.89 Å². The summed E-state index contributed by atoms with van der Waals surface area (Å²) in [7, 11) is 1.74. The van der Waals surface area contributed by atoms with Crippen LogP contribution in [0.25, 0.3) is 0 Å². The molecule has 1 amide bonds. The Kier molecular flexibility index (Phi) is 3.89.